The Hall–Kier alpha value is -1.99. The molecule has 2 atom stereocenters. The first-order valence-electron chi connectivity index (χ1n) is 8.36. The highest BCUT2D eigenvalue weighted by atomic mass is 35.5. The van der Waals surface area contributed by atoms with E-state index in [4.69, 9.17) is 33.7 Å². The number of fused-ring (bicyclic) bond motifs is 1. The van der Waals surface area contributed by atoms with Crippen LogP contribution in [0.25, 0.3) is 0 Å². The maximum absolute atomic E-state index is 12.8. The van der Waals surface area contributed by atoms with Gasteiger partial charge in [-0.15, -0.1) is 12.4 Å². The van der Waals surface area contributed by atoms with Gasteiger partial charge in [-0.3, -0.25) is 4.79 Å². The quantitative estimate of drug-likeness (QED) is 0.625. The van der Waals surface area contributed by atoms with Crippen LogP contribution in [0.15, 0.2) is 36.4 Å². The highest BCUT2D eigenvalue weighted by Crippen LogP contribution is 2.40. The lowest BCUT2D eigenvalue weighted by Crippen LogP contribution is -2.41. The lowest BCUT2D eigenvalue weighted by Gasteiger charge is -2.33. The highest BCUT2D eigenvalue weighted by molar-refractivity contribution is 6.35. The van der Waals surface area contributed by atoms with Crippen LogP contribution in [0.3, 0.4) is 0 Å². The number of hydrogen-bond donors (Lipinski definition) is 3. The topological polar surface area (TPSA) is 93.5 Å². The second-order valence-electron chi connectivity index (χ2n) is 6.24. The predicted molar refractivity (Wildman–Crippen MR) is 112 cm³/mol. The Morgan fingerprint density at radius 3 is 2.71 bits per heavy atom. The number of anilines is 1. The normalized spacial score (nSPS) is 17.6. The van der Waals surface area contributed by atoms with Gasteiger partial charge in [0, 0.05) is 39.8 Å². The van der Waals surface area contributed by atoms with E-state index in [2.05, 4.69) is 10.6 Å². The molecule has 0 spiro atoms. The Labute approximate surface area is 179 Å². The Morgan fingerprint density at radius 2 is 2.04 bits per heavy atom. The van der Waals surface area contributed by atoms with Crippen LogP contribution in [-0.2, 0) is 16.1 Å². The summed E-state index contributed by atoms with van der Waals surface area (Å²) in [5.74, 6) is -0.709. The van der Waals surface area contributed by atoms with Crippen molar-refractivity contribution < 1.29 is 14.3 Å². The Morgan fingerprint density at radius 1 is 1.29 bits per heavy atom. The van der Waals surface area contributed by atoms with Crippen molar-refractivity contribution >= 4 is 53.2 Å². The summed E-state index contributed by atoms with van der Waals surface area (Å²) in [5.41, 5.74) is 8.26. The first-order chi connectivity index (χ1) is 12.9. The summed E-state index contributed by atoms with van der Waals surface area (Å²) in [7, 11) is 1.32. The van der Waals surface area contributed by atoms with Crippen LogP contribution in [0.4, 0.5) is 5.69 Å². The van der Waals surface area contributed by atoms with E-state index in [9.17, 15) is 9.59 Å². The molecule has 1 heterocycles. The molecule has 4 N–H and O–H groups in total. The van der Waals surface area contributed by atoms with Gasteiger partial charge in [0.25, 0.3) is 5.91 Å². The lowest BCUT2D eigenvalue weighted by atomic mass is 9.92. The average Bonchev–Trinajstić information content (AvgIpc) is 2.66. The molecule has 0 aliphatic carbocycles. The van der Waals surface area contributed by atoms with Gasteiger partial charge in [0.1, 0.15) is 6.04 Å². The van der Waals surface area contributed by atoms with Crippen molar-refractivity contribution in [1.82, 2.24) is 5.32 Å². The van der Waals surface area contributed by atoms with Crippen molar-refractivity contribution in [2.45, 2.75) is 25.0 Å². The third-order valence-electron chi connectivity index (χ3n) is 4.46. The van der Waals surface area contributed by atoms with Gasteiger partial charge < -0.3 is 21.1 Å². The van der Waals surface area contributed by atoms with Crippen LogP contribution < -0.4 is 16.4 Å². The van der Waals surface area contributed by atoms with E-state index in [1.807, 2.05) is 6.07 Å². The predicted octanol–water partition coefficient (Wildman–Crippen LogP) is 3.70. The first kappa shape index (κ1) is 22.3. The number of esters is 1. The number of hydrogen-bond acceptors (Lipinski definition) is 5. The van der Waals surface area contributed by atoms with Gasteiger partial charge in [-0.2, -0.15) is 0 Å². The Kier molecular flexibility index (Phi) is 7.55. The molecular formula is C19H20Cl3N3O3. The molecule has 9 heteroatoms. The summed E-state index contributed by atoms with van der Waals surface area (Å²) in [5, 5.41) is 6.88. The van der Waals surface area contributed by atoms with Crippen molar-refractivity contribution in [2.24, 2.45) is 5.73 Å². The maximum atomic E-state index is 12.8. The summed E-state index contributed by atoms with van der Waals surface area (Å²) >= 11 is 12.5. The van der Waals surface area contributed by atoms with Crippen molar-refractivity contribution in [1.29, 1.82) is 0 Å². The fraction of sp³-hybridized carbons (Fsp3) is 0.263. The molecule has 6 nitrogen and oxygen atoms in total. The number of nitrogens with two attached hydrogens (primary N) is 1. The number of carbonyl (C=O) groups excluding carboxylic acids is 2. The molecule has 2 unspecified atom stereocenters. The van der Waals surface area contributed by atoms with E-state index in [0.717, 1.165) is 5.56 Å². The highest BCUT2D eigenvalue weighted by Gasteiger charge is 2.34. The molecule has 0 radical (unpaired) electrons. The molecular weight excluding hydrogens is 425 g/mol. The van der Waals surface area contributed by atoms with Gasteiger partial charge in [-0.05, 0) is 29.8 Å². The van der Waals surface area contributed by atoms with E-state index >= 15 is 0 Å². The molecule has 150 valence electrons. The number of nitrogens with one attached hydrogen (secondary N) is 2. The van der Waals surface area contributed by atoms with Gasteiger partial charge >= 0.3 is 5.97 Å². The number of benzene rings is 2. The van der Waals surface area contributed by atoms with Gasteiger partial charge in [-0.25, -0.2) is 4.79 Å². The summed E-state index contributed by atoms with van der Waals surface area (Å²) in [6.45, 7) is 0.339. The zero-order valence-corrected chi connectivity index (χ0v) is 17.3. The van der Waals surface area contributed by atoms with Crippen LogP contribution in [0, 0.1) is 0 Å². The third kappa shape index (κ3) is 4.70. The number of methoxy groups -OCH3 is 1. The minimum Gasteiger partial charge on any atom is -0.467 e. The number of amides is 1. The van der Waals surface area contributed by atoms with Crippen molar-refractivity contribution in [2.75, 3.05) is 12.4 Å². The van der Waals surface area contributed by atoms with Crippen molar-refractivity contribution in [3.8, 4) is 0 Å². The molecule has 0 aromatic heterocycles. The standard InChI is InChI=1S/C19H19Cl2N3O3.ClH/c1-27-19(26)16-8-15(17-13(21)6-12(20)7-14(17)23-16)24-18(25)11-4-2-3-10(5-11)9-22;/h2-7,15-16,23H,8-9,22H2,1H3,(H,24,25);1H. The van der Waals surface area contributed by atoms with Gasteiger partial charge in [0.15, 0.2) is 0 Å². The Balaban J connectivity index is 0.00000280. The largest absolute Gasteiger partial charge is 0.467 e. The van der Waals surface area contributed by atoms with E-state index in [0.29, 0.717) is 39.8 Å². The van der Waals surface area contributed by atoms with Crippen LogP contribution in [-0.4, -0.2) is 25.0 Å². The molecule has 0 bridgehead atoms. The molecule has 3 rings (SSSR count). The van der Waals surface area contributed by atoms with E-state index in [-0.39, 0.29) is 18.3 Å². The number of ether oxygens (including phenoxy) is 1. The van der Waals surface area contributed by atoms with E-state index in [1.54, 1.807) is 30.3 Å². The van der Waals surface area contributed by atoms with Crippen LogP contribution >= 0.6 is 35.6 Å². The SMILES string of the molecule is COC(=O)C1CC(NC(=O)c2cccc(CN)c2)c2c(Cl)cc(Cl)cc2N1.Cl. The molecule has 2 aromatic carbocycles. The Bertz CT molecular complexity index is 892. The summed E-state index contributed by atoms with van der Waals surface area (Å²) in [6.07, 6.45) is 0.295. The third-order valence-corrected chi connectivity index (χ3v) is 4.99. The van der Waals surface area contributed by atoms with Crippen LogP contribution in [0.2, 0.25) is 10.0 Å². The second-order valence-corrected chi connectivity index (χ2v) is 7.08. The van der Waals surface area contributed by atoms with Crippen molar-refractivity contribution in [3.63, 3.8) is 0 Å². The first-order valence-corrected chi connectivity index (χ1v) is 9.11. The zero-order chi connectivity index (χ0) is 19.6. The molecule has 1 aliphatic rings. The fourth-order valence-electron chi connectivity index (χ4n) is 3.17. The van der Waals surface area contributed by atoms with Crippen LogP contribution in [0.5, 0.6) is 0 Å². The fourth-order valence-corrected chi connectivity index (χ4v) is 3.79. The van der Waals surface area contributed by atoms with E-state index in [1.165, 1.54) is 7.11 Å². The van der Waals surface area contributed by atoms with E-state index < -0.39 is 18.1 Å². The zero-order valence-electron chi connectivity index (χ0n) is 15.0. The summed E-state index contributed by atoms with van der Waals surface area (Å²) in [4.78, 5) is 24.8. The average molecular weight is 445 g/mol. The number of halogens is 3. The molecule has 1 aliphatic heterocycles. The van der Waals surface area contributed by atoms with Crippen LogP contribution in [0.1, 0.15) is 33.9 Å². The molecule has 0 saturated carbocycles. The maximum Gasteiger partial charge on any atom is 0.328 e. The number of rotatable bonds is 4. The molecule has 0 fully saturated rings. The lowest BCUT2D eigenvalue weighted by molar-refractivity contribution is -0.141. The molecule has 28 heavy (non-hydrogen) atoms. The van der Waals surface area contributed by atoms with Gasteiger partial charge in [0.2, 0.25) is 0 Å². The van der Waals surface area contributed by atoms with Gasteiger partial charge in [-0.1, -0.05) is 35.3 Å². The molecule has 0 saturated heterocycles. The van der Waals surface area contributed by atoms with Crippen molar-refractivity contribution in [3.05, 3.63) is 63.1 Å². The van der Waals surface area contributed by atoms with Gasteiger partial charge in [0.05, 0.1) is 13.2 Å². The summed E-state index contributed by atoms with van der Waals surface area (Å²) in [6, 6.07) is 9.24. The molecule has 1 amide bonds. The monoisotopic (exact) mass is 443 g/mol. The number of carbonyl (C=O) groups is 2. The minimum atomic E-state index is -0.627. The summed E-state index contributed by atoms with van der Waals surface area (Å²) < 4.78 is 4.84. The molecule has 2 aromatic rings. The minimum absolute atomic E-state index is 0. The smallest absolute Gasteiger partial charge is 0.328 e. The second kappa shape index (κ2) is 9.47.